The van der Waals surface area contributed by atoms with Crippen molar-refractivity contribution in [1.82, 2.24) is 0 Å². The third kappa shape index (κ3) is 5.40. The number of nitrogens with zero attached hydrogens (tertiary/aromatic N) is 1. The number of hydrogen-bond donors (Lipinski definition) is 1. The number of carbonyl (C=O) groups is 3. The molecule has 1 aromatic heterocycles. The minimum Gasteiger partial charge on any atom is -0.496 e. The summed E-state index contributed by atoms with van der Waals surface area (Å²) in [5.41, 5.74) is 0.520. The Morgan fingerprint density at radius 2 is 1.15 bits per heavy atom. The number of rotatable bonds is 9. The van der Waals surface area contributed by atoms with Crippen LogP contribution in [0.5, 0.6) is 23.0 Å². The van der Waals surface area contributed by atoms with E-state index in [1.54, 1.807) is 60.7 Å². The molecule has 0 bridgehead atoms. The van der Waals surface area contributed by atoms with Crippen molar-refractivity contribution in [3.63, 3.8) is 0 Å². The SMILES string of the molecule is COc1cccc(OC)c1C(=O)N(C(=O)c1c(OC)cccc1OC)c1cccc(NC(=O)c2ccco2)c1. The van der Waals surface area contributed by atoms with Gasteiger partial charge in [0.15, 0.2) is 5.76 Å². The fraction of sp³-hybridized carbons (Fsp3) is 0.138. The monoisotopic (exact) mass is 530 g/mol. The molecule has 0 unspecified atom stereocenters. The van der Waals surface area contributed by atoms with Gasteiger partial charge in [0, 0.05) is 5.69 Å². The van der Waals surface area contributed by atoms with Gasteiger partial charge >= 0.3 is 0 Å². The Labute approximate surface area is 224 Å². The zero-order valence-electron chi connectivity index (χ0n) is 21.7. The summed E-state index contributed by atoms with van der Waals surface area (Å²) in [6.07, 6.45) is 1.38. The Hall–Kier alpha value is -5.25. The molecule has 39 heavy (non-hydrogen) atoms. The highest BCUT2D eigenvalue weighted by atomic mass is 16.5. The molecule has 4 aromatic rings. The van der Waals surface area contributed by atoms with Gasteiger partial charge in [0.2, 0.25) is 0 Å². The van der Waals surface area contributed by atoms with Crippen molar-refractivity contribution in [2.45, 2.75) is 0 Å². The standard InChI is InChI=1S/C29H26N2O8/c1-35-20-11-6-12-21(36-2)25(20)28(33)31(29(34)26-22(37-3)13-7-14-23(26)38-4)19-10-5-9-18(17-19)30-27(32)24-15-8-16-39-24/h5-17H,1-4H3,(H,30,32). The van der Waals surface area contributed by atoms with Gasteiger partial charge < -0.3 is 28.7 Å². The molecule has 0 aliphatic carbocycles. The number of anilines is 2. The molecule has 0 aliphatic rings. The van der Waals surface area contributed by atoms with Crippen molar-refractivity contribution in [2.24, 2.45) is 0 Å². The van der Waals surface area contributed by atoms with E-state index in [0.717, 1.165) is 4.90 Å². The molecule has 0 atom stereocenters. The van der Waals surface area contributed by atoms with Crippen molar-refractivity contribution in [3.05, 3.63) is 95.9 Å². The Balaban J connectivity index is 1.87. The van der Waals surface area contributed by atoms with E-state index >= 15 is 0 Å². The number of hydrogen-bond acceptors (Lipinski definition) is 8. The van der Waals surface area contributed by atoms with Gasteiger partial charge in [-0.3, -0.25) is 14.4 Å². The number of nitrogens with one attached hydrogen (secondary N) is 1. The quantitative estimate of drug-likeness (QED) is 0.299. The molecule has 0 saturated heterocycles. The lowest BCUT2D eigenvalue weighted by Gasteiger charge is -2.25. The van der Waals surface area contributed by atoms with E-state index in [0.29, 0.717) is 5.69 Å². The van der Waals surface area contributed by atoms with Crippen LogP contribution in [0.4, 0.5) is 11.4 Å². The summed E-state index contributed by atoms with van der Waals surface area (Å²) in [7, 11) is 5.63. The molecule has 3 aromatic carbocycles. The Morgan fingerprint density at radius 1 is 0.667 bits per heavy atom. The minimum atomic E-state index is -0.739. The molecule has 10 nitrogen and oxygen atoms in total. The molecule has 0 saturated carbocycles. The lowest BCUT2D eigenvalue weighted by atomic mass is 10.1. The van der Waals surface area contributed by atoms with Gasteiger partial charge in [-0.2, -0.15) is 0 Å². The second kappa shape index (κ2) is 11.9. The number of imide groups is 1. The molecule has 1 N–H and O–H groups in total. The van der Waals surface area contributed by atoms with Gasteiger partial charge in [0.05, 0.1) is 40.4 Å². The smallest absolute Gasteiger partial charge is 0.291 e. The number of methoxy groups -OCH3 is 4. The van der Waals surface area contributed by atoms with Crippen LogP contribution in [0.25, 0.3) is 0 Å². The van der Waals surface area contributed by atoms with Crippen LogP contribution in [0.1, 0.15) is 31.3 Å². The number of carbonyl (C=O) groups excluding carboxylic acids is 3. The van der Waals surface area contributed by atoms with Gasteiger partial charge in [0.25, 0.3) is 17.7 Å². The number of benzene rings is 3. The average Bonchev–Trinajstić information content (AvgIpc) is 3.52. The second-order valence-corrected chi connectivity index (χ2v) is 8.00. The second-order valence-electron chi connectivity index (χ2n) is 8.00. The van der Waals surface area contributed by atoms with E-state index in [2.05, 4.69) is 5.32 Å². The largest absolute Gasteiger partial charge is 0.496 e. The molecule has 1 heterocycles. The van der Waals surface area contributed by atoms with E-state index in [4.69, 9.17) is 23.4 Å². The van der Waals surface area contributed by atoms with E-state index in [1.807, 2.05) is 0 Å². The van der Waals surface area contributed by atoms with Crippen molar-refractivity contribution in [2.75, 3.05) is 38.7 Å². The maximum Gasteiger partial charge on any atom is 0.291 e. The number of amides is 3. The van der Waals surface area contributed by atoms with Crippen molar-refractivity contribution >= 4 is 29.1 Å². The molecule has 0 radical (unpaired) electrons. The average molecular weight is 531 g/mol. The molecule has 4 rings (SSSR count). The first-order valence-corrected chi connectivity index (χ1v) is 11.7. The van der Waals surface area contributed by atoms with E-state index in [1.165, 1.54) is 46.8 Å². The highest BCUT2D eigenvalue weighted by molar-refractivity contribution is 6.28. The summed E-state index contributed by atoms with van der Waals surface area (Å²) in [6.45, 7) is 0. The normalized spacial score (nSPS) is 10.4. The molecular weight excluding hydrogens is 504 g/mol. The topological polar surface area (TPSA) is 117 Å². The van der Waals surface area contributed by atoms with Gasteiger partial charge in [0.1, 0.15) is 34.1 Å². The molecular formula is C29H26N2O8. The van der Waals surface area contributed by atoms with Gasteiger partial charge in [-0.05, 0) is 54.6 Å². The lowest BCUT2D eigenvalue weighted by molar-refractivity contribution is 0.0890. The van der Waals surface area contributed by atoms with Crippen LogP contribution in [0.2, 0.25) is 0 Å². The summed E-state index contributed by atoms with van der Waals surface area (Å²) in [4.78, 5) is 41.9. The van der Waals surface area contributed by atoms with Crippen LogP contribution in [0.3, 0.4) is 0 Å². The Kier molecular flexibility index (Phi) is 8.15. The fourth-order valence-electron chi connectivity index (χ4n) is 4.00. The van der Waals surface area contributed by atoms with Crippen molar-refractivity contribution in [3.8, 4) is 23.0 Å². The van der Waals surface area contributed by atoms with E-state index < -0.39 is 17.7 Å². The van der Waals surface area contributed by atoms with E-state index in [9.17, 15) is 14.4 Å². The van der Waals surface area contributed by atoms with Crippen LogP contribution in [0.15, 0.2) is 83.5 Å². The zero-order valence-corrected chi connectivity index (χ0v) is 21.7. The highest BCUT2D eigenvalue weighted by Crippen LogP contribution is 2.36. The molecule has 10 heteroatoms. The van der Waals surface area contributed by atoms with Crippen molar-refractivity contribution < 1.29 is 37.7 Å². The first kappa shape index (κ1) is 26.8. The molecule has 0 spiro atoms. The van der Waals surface area contributed by atoms with Crippen molar-refractivity contribution in [1.29, 1.82) is 0 Å². The zero-order chi connectivity index (χ0) is 27.9. The molecule has 3 amide bonds. The first-order chi connectivity index (χ1) is 18.9. The van der Waals surface area contributed by atoms with Crippen LogP contribution in [-0.2, 0) is 0 Å². The third-order valence-corrected chi connectivity index (χ3v) is 5.80. The van der Waals surface area contributed by atoms with Crippen LogP contribution < -0.4 is 29.2 Å². The van der Waals surface area contributed by atoms with Gasteiger partial charge in [-0.1, -0.05) is 18.2 Å². The Bertz CT molecular complexity index is 1390. The lowest BCUT2D eigenvalue weighted by Crippen LogP contribution is -2.38. The summed E-state index contributed by atoms with van der Waals surface area (Å²) in [6, 6.07) is 19.0. The maximum atomic E-state index is 14.2. The van der Waals surface area contributed by atoms with Crippen LogP contribution >= 0.6 is 0 Å². The predicted octanol–water partition coefficient (Wildman–Crippen LogP) is 5.05. The molecule has 200 valence electrons. The number of furan rings is 1. The summed E-state index contributed by atoms with van der Waals surface area (Å²) >= 11 is 0. The fourth-order valence-corrected chi connectivity index (χ4v) is 4.00. The van der Waals surface area contributed by atoms with Crippen LogP contribution in [-0.4, -0.2) is 46.2 Å². The third-order valence-electron chi connectivity index (χ3n) is 5.80. The molecule has 0 fully saturated rings. The van der Waals surface area contributed by atoms with Crippen LogP contribution in [0, 0.1) is 0 Å². The van der Waals surface area contributed by atoms with E-state index in [-0.39, 0.29) is 45.6 Å². The number of ether oxygens (including phenoxy) is 4. The summed E-state index contributed by atoms with van der Waals surface area (Å²) in [5, 5.41) is 2.71. The summed E-state index contributed by atoms with van der Waals surface area (Å²) < 4.78 is 26.9. The minimum absolute atomic E-state index is 0.0229. The van der Waals surface area contributed by atoms with Gasteiger partial charge in [-0.25, -0.2) is 4.90 Å². The first-order valence-electron chi connectivity index (χ1n) is 11.7. The molecule has 0 aliphatic heterocycles. The van der Waals surface area contributed by atoms with Gasteiger partial charge in [-0.15, -0.1) is 0 Å². The highest BCUT2D eigenvalue weighted by Gasteiger charge is 2.34. The Morgan fingerprint density at radius 3 is 1.59 bits per heavy atom. The summed E-state index contributed by atoms with van der Waals surface area (Å²) in [5.74, 6) is -1.08. The predicted molar refractivity (Wildman–Crippen MR) is 143 cm³/mol. The maximum absolute atomic E-state index is 14.2.